The Morgan fingerprint density at radius 3 is 2.63 bits per heavy atom. The van der Waals surface area contributed by atoms with E-state index in [1.165, 1.54) is 5.56 Å². The van der Waals surface area contributed by atoms with Gasteiger partial charge in [0.2, 0.25) is 0 Å². The van der Waals surface area contributed by atoms with E-state index in [0.29, 0.717) is 12.6 Å². The summed E-state index contributed by atoms with van der Waals surface area (Å²) in [5, 5.41) is 4.27. The Labute approximate surface area is 120 Å². The fraction of sp³-hybridized carbons (Fsp3) is 0.600. The van der Waals surface area contributed by atoms with Crippen LogP contribution in [0, 0.1) is 0 Å². The summed E-state index contributed by atoms with van der Waals surface area (Å²) in [6.45, 7) is 7.55. The van der Waals surface area contributed by atoms with Gasteiger partial charge in [0.05, 0.1) is 12.7 Å². The number of nitrogens with one attached hydrogen (secondary N) is 1. The first-order chi connectivity index (χ1) is 8.94. The van der Waals surface area contributed by atoms with E-state index < -0.39 is 5.79 Å². The van der Waals surface area contributed by atoms with Crippen LogP contribution in [0.15, 0.2) is 24.3 Å². The summed E-state index contributed by atoms with van der Waals surface area (Å²) in [5.41, 5.74) is 1.29. The topological polar surface area (TPSA) is 30.5 Å². The van der Waals surface area contributed by atoms with Crippen LogP contribution < -0.4 is 5.32 Å². The number of halogens is 1. The molecule has 1 saturated heterocycles. The highest BCUT2D eigenvalue weighted by Gasteiger charge is 2.32. The minimum atomic E-state index is -0.439. The second kappa shape index (κ2) is 6.23. The SMILES string of the molecule is CC(Cc1ccc(Cl)cc1)NCC1COC(C)(C)O1. The Balaban J connectivity index is 1.73. The monoisotopic (exact) mass is 283 g/mol. The van der Waals surface area contributed by atoms with Gasteiger partial charge in [-0.25, -0.2) is 0 Å². The van der Waals surface area contributed by atoms with Crippen LogP contribution in [0.4, 0.5) is 0 Å². The summed E-state index contributed by atoms with van der Waals surface area (Å²) in [5.74, 6) is -0.439. The van der Waals surface area contributed by atoms with Gasteiger partial charge in [-0.3, -0.25) is 0 Å². The molecule has 4 heteroatoms. The molecular formula is C15H22ClNO2. The van der Waals surface area contributed by atoms with Crippen molar-refractivity contribution in [1.29, 1.82) is 0 Å². The first-order valence-electron chi connectivity index (χ1n) is 6.74. The standard InChI is InChI=1S/C15H22ClNO2/c1-11(8-12-4-6-13(16)7-5-12)17-9-14-10-18-15(2,3)19-14/h4-7,11,14,17H,8-10H2,1-3H3. The summed E-state index contributed by atoms with van der Waals surface area (Å²) >= 11 is 5.88. The first kappa shape index (κ1) is 14.8. The zero-order chi connectivity index (χ0) is 13.9. The van der Waals surface area contributed by atoms with E-state index in [-0.39, 0.29) is 6.10 Å². The quantitative estimate of drug-likeness (QED) is 0.901. The zero-order valence-electron chi connectivity index (χ0n) is 11.8. The molecule has 19 heavy (non-hydrogen) atoms. The number of ether oxygens (including phenoxy) is 2. The molecule has 0 saturated carbocycles. The van der Waals surface area contributed by atoms with E-state index in [0.717, 1.165) is 18.0 Å². The lowest BCUT2D eigenvalue weighted by Crippen LogP contribution is -2.36. The third kappa shape index (κ3) is 4.77. The van der Waals surface area contributed by atoms with Crippen LogP contribution in [0.1, 0.15) is 26.3 Å². The molecule has 1 aromatic carbocycles. The number of hydrogen-bond donors (Lipinski definition) is 1. The summed E-state index contributed by atoms with van der Waals surface area (Å²) in [6.07, 6.45) is 1.12. The third-order valence-corrected chi connectivity index (χ3v) is 3.47. The second-order valence-corrected chi connectivity index (χ2v) is 6.03. The van der Waals surface area contributed by atoms with Gasteiger partial charge in [0.25, 0.3) is 0 Å². The maximum absolute atomic E-state index is 5.88. The number of rotatable bonds is 5. The van der Waals surface area contributed by atoms with Gasteiger partial charge in [-0.2, -0.15) is 0 Å². The van der Waals surface area contributed by atoms with Crippen molar-refractivity contribution in [2.75, 3.05) is 13.2 Å². The van der Waals surface area contributed by atoms with Crippen LogP contribution in [0.3, 0.4) is 0 Å². The molecule has 2 unspecified atom stereocenters. The van der Waals surface area contributed by atoms with E-state index in [9.17, 15) is 0 Å². The molecular weight excluding hydrogens is 262 g/mol. The van der Waals surface area contributed by atoms with E-state index in [1.807, 2.05) is 26.0 Å². The van der Waals surface area contributed by atoms with Gasteiger partial charge in [-0.05, 0) is 44.9 Å². The molecule has 0 bridgehead atoms. The van der Waals surface area contributed by atoms with Crippen LogP contribution in [0.2, 0.25) is 5.02 Å². The fourth-order valence-electron chi connectivity index (χ4n) is 2.24. The molecule has 2 rings (SSSR count). The van der Waals surface area contributed by atoms with Crippen molar-refractivity contribution in [2.24, 2.45) is 0 Å². The van der Waals surface area contributed by atoms with Crippen LogP contribution >= 0.6 is 11.6 Å². The molecule has 0 amide bonds. The predicted molar refractivity (Wildman–Crippen MR) is 77.5 cm³/mol. The molecule has 1 aliphatic heterocycles. The molecule has 0 spiro atoms. The van der Waals surface area contributed by atoms with E-state index in [2.05, 4.69) is 24.4 Å². The minimum absolute atomic E-state index is 0.141. The molecule has 2 atom stereocenters. The molecule has 106 valence electrons. The Morgan fingerprint density at radius 2 is 2.05 bits per heavy atom. The van der Waals surface area contributed by atoms with Crippen LogP contribution in [0.5, 0.6) is 0 Å². The average Bonchev–Trinajstić information content (AvgIpc) is 2.69. The van der Waals surface area contributed by atoms with E-state index in [1.54, 1.807) is 0 Å². The molecule has 1 aromatic rings. The Bertz CT molecular complexity index is 405. The lowest BCUT2D eigenvalue weighted by Gasteiger charge is -2.19. The van der Waals surface area contributed by atoms with Gasteiger partial charge < -0.3 is 14.8 Å². The molecule has 1 fully saturated rings. The predicted octanol–water partition coefficient (Wildman–Crippen LogP) is 3.01. The zero-order valence-corrected chi connectivity index (χ0v) is 12.5. The maximum Gasteiger partial charge on any atom is 0.163 e. The van der Waals surface area contributed by atoms with E-state index in [4.69, 9.17) is 21.1 Å². The van der Waals surface area contributed by atoms with Gasteiger partial charge >= 0.3 is 0 Å². The summed E-state index contributed by atoms with van der Waals surface area (Å²) in [7, 11) is 0. The highest BCUT2D eigenvalue weighted by molar-refractivity contribution is 6.30. The molecule has 0 radical (unpaired) electrons. The van der Waals surface area contributed by atoms with Gasteiger partial charge in [0, 0.05) is 17.6 Å². The highest BCUT2D eigenvalue weighted by Crippen LogP contribution is 2.21. The van der Waals surface area contributed by atoms with Crippen molar-refractivity contribution in [3.63, 3.8) is 0 Å². The van der Waals surface area contributed by atoms with Crippen molar-refractivity contribution in [3.8, 4) is 0 Å². The molecule has 3 nitrogen and oxygen atoms in total. The molecule has 1 N–H and O–H groups in total. The van der Waals surface area contributed by atoms with Gasteiger partial charge in [-0.15, -0.1) is 0 Å². The van der Waals surface area contributed by atoms with Crippen molar-refractivity contribution >= 4 is 11.6 Å². The summed E-state index contributed by atoms with van der Waals surface area (Å²) in [6, 6.07) is 8.39. The van der Waals surface area contributed by atoms with Gasteiger partial charge in [-0.1, -0.05) is 23.7 Å². The Kier molecular flexibility index (Phi) is 4.85. The Morgan fingerprint density at radius 1 is 1.37 bits per heavy atom. The van der Waals surface area contributed by atoms with Gasteiger partial charge in [0.1, 0.15) is 0 Å². The summed E-state index contributed by atoms with van der Waals surface area (Å²) in [4.78, 5) is 0. The minimum Gasteiger partial charge on any atom is -0.348 e. The smallest absolute Gasteiger partial charge is 0.163 e. The highest BCUT2D eigenvalue weighted by atomic mass is 35.5. The fourth-order valence-corrected chi connectivity index (χ4v) is 2.37. The van der Waals surface area contributed by atoms with E-state index >= 15 is 0 Å². The lowest BCUT2D eigenvalue weighted by molar-refractivity contribution is -0.137. The van der Waals surface area contributed by atoms with Crippen LogP contribution in [-0.4, -0.2) is 31.1 Å². The van der Waals surface area contributed by atoms with Crippen molar-refractivity contribution in [3.05, 3.63) is 34.9 Å². The van der Waals surface area contributed by atoms with Crippen molar-refractivity contribution in [2.45, 2.75) is 45.1 Å². The summed E-state index contributed by atoms with van der Waals surface area (Å²) < 4.78 is 11.3. The second-order valence-electron chi connectivity index (χ2n) is 5.59. The van der Waals surface area contributed by atoms with Crippen molar-refractivity contribution in [1.82, 2.24) is 5.32 Å². The maximum atomic E-state index is 5.88. The first-order valence-corrected chi connectivity index (χ1v) is 7.12. The lowest BCUT2D eigenvalue weighted by atomic mass is 10.1. The third-order valence-electron chi connectivity index (χ3n) is 3.22. The molecule has 0 aliphatic carbocycles. The normalized spacial score (nSPS) is 23.5. The van der Waals surface area contributed by atoms with Crippen LogP contribution in [-0.2, 0) is 15.9 Å². The molecule has 1 aliphatic rings. The van der Waals surface area contributed by atoms with Crippen LogP contribution in [0.25, 0.3) is 0 Å². The van der Waals surface area contributed by atoms with Crippen molar-refractivity contribution < 1.29 is 9.47 Å². The molecule has 1 heterocycles. The number of benzene rings is 1. The molecule has 0 aromatic heterocycles. The Hall–Kier alpha value is -0.610. The van der Waals surface area contributed by atoms with Gasteiger partial charge in [0.15, 0.2) is 5.79 Å². The average molecular weight is 284 g/mol. The number of hydrogen-bond acceptors (Lipinski definition) is 3. The largest absolute Gasteiger partial charge is 0.348 e.